The summed E-state index contributed by atoms with van der Waals surface area (Å²) in [6.07, 6.45) is 2.43. The van der Waals surface area contributed by atoms with Gasteiger partial charge in [-0.1, -0.05) is 18.2 Å². The van der Waals surface area contributed by atoms with Crippen molar-refractivity contribution < 1.29 is 46.8 Å². The third-order valence-corrected chi connectivity index (χ3v) is 8.03. The lowest BCUT2D eigenvalue weighted by atomic mass is 9.92. The van der Waals surface area contributed by atoms with E-state index in [1.54, 1.807) is 71.9 Å². The van der Waals surface area contributed by atoms with E-state index in [1.807, 2.05) is 0 Å². The van der Waals surface area contributed by atoms with Gasteiger partial charge in [-0.05, 0) is 96.7 Å². The second-order valence-corrected chi connectivity index (χ2v) is 14.3. The first-order valence-electron chi connectivity index (χ1n) is 16.7. The molecule has 3 atom stereocenters. The third kappa shape index (κ3) is 10.9. The smallest absolute Gasteiger partial charge is 0.410 e. The van der Waals surface area contributed by atoms with Gasteiger partial charge in [0.05, 0.1) is 50.1 Å². The first kappa shape index (κ1) is 39.0. The number of halogens is 2. The van der Waals surface area contributed by atoms with Gasteiger partial charge >= 0.3 is 18.2 Å². The lowest BCUT2D eigenvalue weighted by Crippen LogP contribution is -2.53. The molecule has 1 N–H and O–H groups in total. The van der Waals surface area contributed by atoms with Crippen LogP contribution in [0.3, 0.4) is 0 Å². The molecule has 4 rings (SSSR count). The van der Waals surface area contributed by atoms with Gasteiger partial charge in [0.2, 0.25) is 5.88 Å². The summed E-state index contributed by atoms with van der Waals surface area (Å²) in [5, 5.41) is 3.53. The number of esters is 1. The number of nitrogens with one attached hydrogen (secondary N) is 1. The fourth-order valence-electron chi connectivity index (χ4n) is 5.74. The second kappa shape index (κ2) is 16.5. The number of amides is 2. The minimum absolute atomic E-state index is 0.0504. The molecule has 0 aliphatic carbocycles. The molecular formula is C38H47F2N3O8. The summed E-state index contributed by atoms with van der Waals surface area (Å²) < 4.78 is 56.0. The Labute approximate surface area is 297 Å². The van der Waals surface area contributed by atoms with E-state index in [1.165, 1.54) is 25.2 Å². The number of pyridine rings is 1. The molecule has 11 nitrogen and oxygen atoms in total. The Morgan fingerprint density at radius 1 is 1.00 bits per heavy atom. The molecule has 51 heavy (non-hydrogen) atoms. The normalized spacial score (nSPS) is 17.1. The molecule has 1 fully saturated rings. The van der Waals surface area contributed by atoms with Crippen LogP contribution in [0, 0.1) is 11.6 Å². The monoisotopic (exact) mass is 711 g/mol. The Kier molecular flexibility index (Phi) is 12.6. The number of methoxy groups -OCH3 is 2. The Hall–Kier alpha value is -4.78. The van der Waals surface area contributed by atoms with Gasteiger partial charge in [0.1, 0.15) is 22.8 Å². The summed E-state index contributed by atoms with van der Waals surface area (Å²) in [5.41, 5.74) is 0.0582. The maximum Gasteiger partial charge on any atom is 0.410 e. The van der Waals surface area contributed by atoms with Crippen molar-refractivity contribution in [2.24, 2.45) is 0 Å². The van der Waals surface area contributed by atoms with Gasteiger partial charge in [0.15, 0.2) is 0 Å². The van der Waals surface area contributed by atoms with E-state index in [0.29, 0.717) is 40.8 Å². The number of hydrogen-bond donors (Lipinski definition) is 1. The van der Waals surface area contributed by atoms with E-state index in [2.05, 4.69) is 10.3 Å². The van der Waals surface area contributed by atoms with Crippen LogP contribution in [0.15, 0.2) is 48.5 Å². The van der Waals surface area contributed by atoms with Crippen molar-refractivity contribution in [3.8, 4) is 5.88 Å². The summed E-state index contributed by atoms with van der Waals surface area (Å²) in [5.74, 6) is -1.35. The van der Waals surface area contributed by atoms with Crippen LogP contribution in [-0.4, -0.2) is 84.8 Å². The van der Waals surface area contributed by atoms with Crippen LogP contribution in [0.25, 0.3) is 17.0 Å². The number of aromatic nitrogens is 1. The number of nitrogens with zero attached hydrogens (tertiary/aromatic N) is 2. The van der Waals surface area contributed by atoms with Gasteiger partial charge in [-0.3, -0.25) is 4.90 Å². The number of alkyl carbamates (subject to hydrolysis) is 1. The van der Waals surface area contributed by atoms with Gasteiger partial charge in [-0.15, -0.1) is 0 Å². The van der Waals surface area contributed by atoms with Crippen molar-refractivity contribution in [2.75, 3.05) is 27.4 Å². The molecule has 0 spiro atoms. The predicted octanol–water partition coefficient (Wildman–Crippen LogP) is 7.24. The van der Waals surface area contributed by atoms with Crippen LogP contribution < -0.4 is 10.1 Å². The third-order valence-electron chi connectivity index (χ3n) is 8.03. The molecule has 276 valence electrons. The average molecular weight is 712 g/mol. The number of ether oxygens (including phenoxy) is 5. The molecule has 0 unspecified atom stereocenters. The lowest BCUT2D eigenvalue weighted by Gasteiger charge is -2.39. The standard InChI is InChI=1S/C38H47F2N3O8/c1-37(2,3)50-35(45)41-30(21-24-11-14-28(34(44)48-8)27-15-18-32(47-7)42-33(24)27)31-17-13-26(22-49-31)43(36(46)51-38(4,5)6)19-9-10-23-20-25(39)12-16-29(23)40/h9-12,14-16,18,20,26,30-31H,13,17,19,21-22H2,1-8H3,(H,41,45)/t26-,30+,31+/m1/s1. The zero-order chi connectivity index (χ0) is 37.5. The molecule has 13 heteroatoms. The molecule has 2 heterocycles. The number of carbonyl (C=O) groups is 3. The Morgan fingerprint density at radius 2 is 1.73 bits per heavy atom. The summed E-state index contributed by atoms with van der Waals surface area (Å²) in [6, 6.07) is 8.92. The molecule has 0 saturated carbocycles. The van der Waals surface area contributed by atoms with Crippen molar-refractivity contribution in [2.45, 2.75) is 90.2 Å². The quantitative estimate of drug-likeness (QED) is 0.171. The molecule has 1 aliphatic rings. The highest BCUT2D eigenvalue weighted by atomic mass is 19.1. The Morgan fingerprint density at radius 3 is 2.35 bits per heavy atom. The molecule has 2 amide bonds. The van der Waals surface area contributed by atoms with Gasteiger partial charge in [0, 0.05) is 23.6 Å². The van der Waals surface area contributed by atoms with Crippen molar-refractivity contribution in [3.05, 3.63) is 76.9 Å². The van der Waals surface area contributed by atoms with Gasteiger partial charge in [-0.25, -0.2) is 28.1 Å². The second-order valence-electron chi connectivity index (χ2n) is 14.3. The molecule has 1 aromatic heterocycles. The average Bonchev–Trinajstić information content (AvgIpc) is 3.05. The van der Waals surface area contributed by atoms with E-state index < -0.39 is 59.2 Å². The van der Waals surface area contributed by atoms with Crippen LogP contribution in [0.5, 0.6) is 5.88 Å². The van der Waals surface area contributed by atoms with Crippen molar-refractivity contribution >= 4 is 35.1 Å². The summed E-state index contributed by atoms with van der Waals surface area (Å²) in [6.45, 7) is 10.7. The van der Waals surface area contributed by atoms with E-state index in [4.69, 9.17) is 23.7 Å². The number of carbonyl (C=O) groups excluding carboxylic acids is 3. The minimum atomic E-state index is -0.781. The van der Waals surface area contributed by atoms with Crippen LogP contribution in [0.4, 0.5) is 18.4 Å². The van der Waals surface area contributed by atoms with Gasteiger partial charge in [0.25, 0.3) is 0 Å². The number of rotatable bonds is 10. The molecule has 0 bridgehead atoms. The number of fused-ring (bicyclic) bond motifs is 1. The number of benzene rings is 2. The molecule has 1 saturated heterocycles. The zero-order valence-electron chi connectivity index (χ0n) is 30.4. The summed E-state index contributed by atoms with van der Waals surface area (Å²) in [7, 11) is 2.80. The molecule has 3 aromatic rings. The maximum atomic E-state index is 14.3. The van der Waals surface area contributed by atoms with E-state index in [9.17, 15) is 23.2 Å². The highest BCUT2D eigenvalue weighted by Gasteiger charge is 2.36. The Bertz CT molecular complexity index is 1740. The maximum absolute atomic E-state index is 14.3. The SMILES string of the molecule is COC(=O)c1ccc(C[C@H](NC(=O)OC(C)(C)C)[C@@H]2CC[C@@H](N(CC=Cc3cc(F)ccc3F)C(=O)OC(C)(C)C)CO2)c2nc(OC)ccc12. The van der Waals surface area contributed by atoms with Gasteiger partial charge < -0.3 is 29.0 Å². The minimum Gasteiger partial charge on any atom is -0.481 e. The highest BCUT2D eigenvalue weighted by molar-refractivity contribution is 6.04. The lowest BCUT2D eigenvalue weighted by molar-refractivity contribution is -0.0560. The van der Waals surface area contributed by atoms with Crippen molar-refractivity contribution in [3.63, 3.8) is 0 Å². The van der Waals surface area contributed by atoms with Crippen LogP contribution in [0.1, 0.15) is 75.9 Å². The molecular weight excluding hydrogens is 664 g/mol. The fraction of sp³-hybridized carbons (Fsp3) is 0.474. The molecule has 1 aliphatic heterocycles. The summed E-state index contributed by atoms with van der Waals surface area (Å²) in [4.78, 5) is 45.2. The molecule has 0 radical (unpaired) electrons. The van der Waals surface area contributed by atoms with Crippen molar-refractivity contribution in [1.82, 2.24) is 15.2 Å². The number of hydrogen-bond acceptors (Lipinski definition) is 9. The Balaban J connectivity index is 1.60. The first-order valence-corrected chi connectivity index (χ1v) is 16.7. The van der Waals surface area contributed by atoms with Crippen LogP contribution >= 0.6 is 0 Å². The van der Waals surface area contributed by atoms with E-state index in [-0.39, 0.29) is 25.1 Å². The van der Waals surface area contributed by atoms with Crippen molar-refractivity contribution in [1.29, 1.82) is 0 Å². The van der Waals surface area contributed by atoms with Gasteiger partial charge in [-0.2, -0.15) is 0 Å². The predicted molar refractivity (Wildman–Crippen MR) is 188 cm³/mol. The summed E-state index contributed by atoms with van der Waals surface area (Å²) >= 11 is 0. The highest BCUT2D eigenvalue weighted by Crippen LogP contribution is 2.29. The zero-order valence-corrected chi connectivity index (χ0v) is 30.4. The van der Waals surface area contributed by atoms with Crippen LogP contribution in [0.2, 0.25) is 0 Å². The topological polar surface area (TPSA) is 126 Å². The van der Waals surface area contributed by atoms with Crippen LogP contribution in [-0.2, 0) is 25.4 Å². The van der Waals surface area contributed by atoms with E-state index >= 15 is 0 Å². The largest absolute Gasteiger partial charge is 0.481 e. The van der Waals surface area contributed by atoms with E-state index in [0.717, 1.165) is 18.2 Å². The fourth-order valence-corrected chi connectivity index (χ4v) is 5.74. The first-order chi connectivity index (χ1) is 24.0. The molecule has 2 aromatic carbocycles.